The van der Waals surface area contributed by atoms with Crippen LogP contribution < -0.4 is 5.56 Å². The Kier molecular flexibility index (Phi) is 3.08. The van der Waals surface area contributed by atoms with Crippen LogP contribution in [0.5, 0.6) is 0 Å². The Bertz CT molecular complexity index is 408. The van der Waals surface area contributed by atoms with Gasteiger partial charge in [-0.15, -0.1) is 0 Å². The van der Waals surface area contributed by atoms with Gasteiger partial charge < -0.3 is 4.57 Å². The first-order chi connectivity index (χ1) is 6.75. The second kappa shape index (κ2) is 3.84. The third-order valence-corrected chi connectivity index (χ3v) is 2.72. The summed E-state index contributed by atoms with van der Waals surface area (Å²) in [5.74, 6) is 0.290. The van der Waals surface area contributed by atoms with Crippen LogP contribution in [0.1, 0.15) is 51.8 Å². The molecule has 0 bridgehead atoms. The standard InChI is InChI=1S/C13H21NO/c1-9(2)10-7-8-11(13(3,4)5)14(6)12(10)15/h7-9H,1-6H3. The lowest BCUT2D eigenvalue weighted by atomic mass is 9.90. The zero-order valence-corrected chi connectivity index (χ0v) is 10.6. The van der Waals surface area contributed by atoms with Crippen molar-refractivity contribution in [2.45, 2.75) is 46.0 Å². The van der Waals surface area contributed by atoms with Gasteiger partial charge in [-0.25, -0.2) is 0 Å². The lowest BCUT2D eigenvalue weighted by Crippen LogP contribution is -2.29. The number of pyridine rings is 1. The monoisotopic (exact) mass is 207 g/mol. The van der Waals surface area contributed by atoms with Gasteiger partial charge in [0.2, 0.25) is 0 Å². The van der Waals surface area contributed by atoms with Crippen molar-refractivity contribution in [2.24, 2.45) is 7.05 Å². The molecular weight excluding hydrogens is 186 g/mol. The zero-order valence-electron chi connectivity index (χ0n) is 10.6. The molecule has 0 saturated heterocycles. The van der Waals surface area contributed by atoms with Crippen molar-refractivity contribution in [1.82, 2.24) is 4.57 Å². The topological polar surface area (TPSA) is 22.0 Å². The van der Waals surface area contributed by atoms with E-state index in [0.29, 0.717) is 0 Å². The molecule has 1 heterocycles. The van der Waals surface area contributed by atoms with Crippen molar-refractivity contribution in [1.29, 1.82) is 0 Å². The quantitative estimate of drug-likeness (QED) is 0.694. The van der Waals surface area contributed by atoms with E-state index in [1.807, 2.05) is 27.0 Å². The van der Waals surface area contributed by atoms with Crippen LogP contribution >= 0.6 is 0 Å². The molecule has 0 atom stereocenters. The number of hydrogen-bond acceptors (Lipinski definition) is 1. The highest BCUT2D eigenvalue weighted by molar-refractivity contribution is 5.22. The maximum Gasteiger partial charge on any atom is 0.253 e. The van der Waals surface area contributed by atoms with Crippen molar-refractivity contribution in [3.63, 3.8) is 0 Å². The van der Waals surface area contributed by atoms with Crippen LogP contribution in [0.2, 0.25) is 0 Å². The molecule has 0 unspecified atom stereocenters. The summed E-state index contributed by atoms with van der Waals surface area (Å²) >= 11 is 0. The van der Waals surface area contributed by atoms with Crippen molar-refractivity contribution in [3.05, 3.63) is 33.7 Å². The highest BCUT2D eigenvalue weighted by Crippen LogP contribution is 2.21. The van der Waals surface area contributed by atoms with E-state index in [0.717, 1.165) is 11.3 Å². The first kappa shape index (κ1) is 12.0. The SMILES string of the molecule is CC(C)c1ccc(C(C)(C)C)n(C)c1=O. The Morgan fingerprint density at radius 2 is 1.73 bits per heavy atom. The van der Waals surface area contributed by atoms with Gasteiger partial charge in [-0.3, -0.25) is 4.79 Å². The maximum absolute atomic E-state index is 12.0. The lowest BCUT2D eigenvalue weighted by molar-refractivity contribution is 0.528. The third kappa shape index (κ3) is 2.31. The van der Waals surface area contributed by atoms with E-state index in [2.05, 4.69) is 26.8 Å². The van der Waals surface area contributed by atoms with Crippen LogP contribution in [0, 0.1) is 0 Å². The number of hydrogen-bond donors (Lipinski definition) is 0. The van der Waals surface area contributed by atoms with Gasteiger partial charge in [-0.05, 0) is 12.0 Å². The fourth-order valence-electron chi connectivity index (χ4n) is 1.85. The summed E-state index contributed by atoms with van der Waals surface area (Å²) in [4.78, 5) is 12.0. The maximum atomic E-state index is 12.0. The molecule has 1 aromatic rings. The smallest absolute Gasteiger partial charge is 0.253 e. The van der Waals surface area contributed by atoms with Gasteiger partial charge >= 0.3 is 0 Å². The number of rotatable bonds is 1. The predicted molar refractivity (Wildman–Crippen MR) is 64.5 cm³/mol. The second-order valence-corrected chi connectivity index (χ2v) is 5.44. The molecule has 0 aliphatic carbocycles. The van der Waals surface area contributed by atoms with Gasteiger partial charge in [-0.1, -0.05) is 40.7 Å². The molecule has 0 aromatic carbocycles. The van der Waals surface area contributed by atoms with Gasteiger partial charge in [0, 0.05) is 23.7 Å². The molecule has 0 amide bonds. The molecule has 0 radical (unpaired) electrons. The average molecular weight is 207 g/mol. The average Bonchev–Trinajstić information content (AvgIpc) is 2.06. The minimum atomic E-state index is 0.0173. The summed E-state index contributed by atoms with van der Waals surface area (Å²) in [5, 5.41) is 0. The van der Waals surface area contributed by atoms with Gasteiger partial charge in [-0.2, -0.15) is 0 Å². The molecule has 0 aliphatic rings. The van der Waals surface area contributed by atoms with Crippen molar-refractivity contribution in [3.8, 4) is 0 Å². The van der Waals surface area contributed by atoms with Crippen LogP contribution in [0.4, 0.5) is 0 Å². The van der Waals surface area contributed by atoms with Crippen molar-refractivity contribution < 1.29 is 0 Å². The molecular formula is C13H21NO. The zero-order chi connectivity index (χ0) is 11.8. The van der Waals surface area contributed by atoms with E-state index >= 15 is 0 Å². The van der Waals surface area contributed by atoms with E-state index in [4.69, 9.17) is 0 Å². The molecule has 2 heteroatoms. The van der Waals surface area contributed by atoms with Crippen LogP contribution in [0.15, 0.2) is 16.9 Å². The van der Waals surface area contributed by atoms with E-state index in [1.165, 1.54) is 0 Å². The molecule has 0 N–H and O–H groups in total. The van der Waals surface area contributed by atoms with Crippen molar-refractivity contribution >= 4 is 0 Å². The van der Waals surface area contributed by atoms with Crippen LogP contribution in [-0.2, 0) is 12.5 Å². The van der Waals surface area contributed by atoms with E-state index in [-0.39, 0.29) is 16.9 Å². The molecule has 0 aliphatic heterocycles. The highest BCUT2D eigenvalue weighted by atomic mass is 16.1. The summed E-state index contributed by atoms with van der Waals surface area (Å²) in [6.07, 6.45) is 0. The van der Waals surface area contributed by atoms with Gasteiger partial charge in [0.05, 0.1) is 0 Å². The molecule has 0 fully saturated rings. The van der Waals surface area contributed by atoms with Crippen LogP contribution in [0.25, 0.3) is 0 Å². The summed E-state index contributed by atoms with van der Waals surface area (Å²) in [5.41, 5.74) is 2.13. The first-order valence-corrected chi connectivity index (χ1v) is 5.45. The molecule has 84 valence electrons. The minimum absolute atomic E-state index is 0.0173. The van der Waals surface area contributed by atoms with Gasteiger partial charge in [0.25, 0.3) is 5.56 Å². The first-order valence-electron chi connectivity index (χ1n) is 5.45. The van der Waals surface area contributed by atoms with E-state index in [9.17, 15) is 4.79 Å². The summed E-state index contributed by atoms with van der Waals surface area (Å²) in [6, 6.07) is 4.03. The minimum Gasteiger partial charge on any atom is -0.315 e. The Hall–Kier alpha value is -1.05. The highest BCUT2D eigenvalue weighted by Gasteiger charge is 2.18. The van der Waals surface area contributed by atoms with Gasteiger partial charge in [0.15, 0.2) is 0 Å². The molecule has 15 heavy (non-hydrogen) atoms. The Labute approximate surface area is 91.9 Å². The summed E-state index contributed by atoms with van der Waals surface area (Å²) < 4.78 is 1.77. The summed E-state index contributed by atoms with van der Waals surface area (Å²) in [6.45, 7) is 10.5. The third-order valence-electron chi connectivity index (χ3n) is 2.72. The predicted octanol–water partition coefficient (Wildman–Crippen LogP) is 2.81. The molecule has 1 rings (SSSR count). The summed E-state index contributed by atoms with van der Waals surface area (Å²) in [7, 11) is 1.86. The Balaban J connectivity index is 3.42. The fourth-order valence-corrected chi connectivity index (χ4v) is 1.85. The molecule has 1 aromatic heterocycles. The molecule has 2 nitrogen and oxygen atoms in total. The molecule has 0 saturated carbocycles. The Morgan fingerprint density at radius 1 is 1.20 bits per heavy atom. The lowest BCUT2D eigenvalue weighted by Gasteiger charge is -2.23. The fraction of sp³-hybridized carbons (Fsp3) is 0.615. The largest absolute Gasteiger partial charge is 0.315 e. The van der Waals surface area contributed by atoms with E-state index in [1.54, 1.807) is 4.57 Å². The van der Waals surface area contributed by atoms with Crippen LogP contribution in [0.3, 0.4) is 0 Å². The normalized spacial score (nSPS) is 12.2. The number of aromatic nitrogens is 1. The molecule has 0 spiro atoms. The second-order valence-electron chi connectivity index (χ2n) is 5.44. The number of nitrogens with zero attached hydrogens (tertiary/aromatic N) is 1. The van der Waals surface area contributed by atoms with Gasteiger partial charge in [0.1, 0.15) is 0 Å². The van der Waals surface area contributed by atoms with Crippen LogP contribution in [-0.4, -0.2) is 4.57 Å². The van der Waals surface area contributed by atoms with Crippen molar-refractivity contribution in [2.75, 3.05) is 0 Å². The Morgan fingerprint density at radius 3 is 2.13 bits per heavy atom. The van der Waals surface area contributed by atoms with E-state index < -0.39 is 0 Å².